The first kappa shape index (κ1) is 107. The van der Waals surface area contributed by atoms with E-state index in [-0.39, 0.29) is 101 Å². The molecule has 4 aromatic carbocycles. The van der Waals surface area contributed by atoms with Gasteiger partial charge in [0, 0.05) is 161 Å². The standard InChI is InChI=1S/C28H37ClN6O3.C27H35ClN6O3.C26H30ClN5O3.C25H30ClN5O3/c1-5-19-8-7-11-34(17-19)28-30-16-23(29)26(32-28)31-21-9-10-24-20(14-21)15-25(38-18-22(36)6-2)27(37)35(24)13-12-33(3)4;1-5-21(35)17-37-24-14-19-13-20(8-9-23(19)34(26(24)36)12-11-32(3)4)30-25-22(28)15-29-27(31-25)33-10-6-7-18(2)16-33;1-3-20(33)15-35-23-13-17-12-18(4-7-22(17)32(25(23)34)19-5-6-19)29-24-21(27)14-28-26(30-24)31-10-8-16(2)9-11-31;1-4-19(32)15-34-22-13-17-12-18(6-7-21(17)31(5-2)24(22)33)28-23-20(26)14-27-25(29-23)30-10-8-16(3)9-11-30/h9-10,14-16,19H,5-8,11-13,17-18H2,1-4H3,(H,30,31,32);8-9,13-15,18H,5-7,10-12,16-17H2,1-4H3,(H,29,30,31);4,7,12-14,16,19H,3,5-6,8-11,15H2,1-2H3,(H,28,29,30);6-7,12-14,16H,4-5,8-11,15H2,1-3H3,(H,27,28,29)/t19-;18-;;/m00../s1. The highest BCUT2D eigenvalue weighted by Gasteiger charge is 2.31. The van der Waals surface area contributed by atoms with Crippen LogP contribution in [-0.2, 0) is 38.8 Å². The summed E-state index contributed by atoms with van der Waals surface area (Å²) < 4.78 is 29.3. The van der Waals surface area contributed by atoms with Crippen LogP contribution in [0.25, 0.3) is 43.6 Å². The summed E-state index contributed by atoms with van der Waals surface area (Å²) >= 11 is 25.8. The average Bonchev–Trinajstić information content (AvgIpc) is 1.54. The number of hydrogen-bond donors (Lipinski definition) is 4. The van der Waals surface area contributed by atoms with Gasteiger partial charge >= 0.3 is 0 Å². The molecule has 17 rings (SSSR count). The zero-order chi connectivity index (χ0) is 103. The van der Waals surface area contributed by atoms with Crippen LogP contribution in [0.3, 0.4) is 0 Å². The zero-order valence-electron chi connectivity index (χ0n) is 84.5. The molecule has 2 atom stereocenters. The maximum atomic E-state index is 13.2. The summed E-state index contributed by atoms with van der Waals surface area (Å²) in [6, 6.07) is 29.9. The number of ketones is 4. The Hall–Kier alpha value is -12.6. The number of ether oxygens (including phenoxy) is 4. The van der Waals surface area contributed by atoms with E-state index in [0.29, 0.717) is 143 Å². The van der Waals surface area contributed by atoms with Gasteiger partial charge in [-0.1, -0.05) is 108 Å². The lowest BCUT2D eigenvalue weighted by atomic mass is 9.96. The topological polar surface area (TPSA) is 364 Å². The van der Waals surface area contributed by atoms with Crippen molar-refractivity contribution in [1.82, 2.24) is 67.9 Å². The summed E-state index contributed by atoms with van der Waals surface area (Å²) in [5, 5.41) is 18.2. The summed E-state index contributed by atoms with van der Waals surface area (Å²) in [6.45, 7) is 27.8. The molecule has 12 heterocycles. The highest BCUT2D eigenvalue weighted by atomic mass is 35.5. The smallest absolute Gasteiger partial charge is 0.293 e. The molecule has 0 bridgehead atoms. The molecule has 4 saturated heterocycles. The van der Waals surface area contributed by atoms with E-state index >= 15 is 0 Å². The van der Waals surface area contributed by atoms with Crippen molar-refractivity contribution < 1.29 is 38.1 Å². The number of carbonyl (C=O) groups is 4. The first-order valence-corrected chi connectivity index (χ1v) is 51.6. The van der Waals surface area contributed by atoms with E-state index in [0.717, 1.165) is 182 Å². The van der Waals surface area contributed by atoms with Crippen molar-refractivity contribution in [3.8, 4) is 23.0 Å². The Balaban J connectivity index is 0.000000152. The van der Waals surface area contributed by atoms with Crippen molar-refractivity contribution in [2.75, 3.05) is 161 Å². The fourth-order valence-electron chi connectivity index (χ4n) is 17.5. The molecule has 4 aliphatic heterocycles. The minimum atomic E-state index is -0.252. The van der Waals surface area contributed by atoms with Crippen LogP contribution in [0.5, 0.6) is 23.0 Å². The summed E-state index contributed by atoms with van der Waals surface area (Å²) in [4.78, 5) is 149. The largest absolute Gasteiger partial charge is 0.480 e. The van der Waals surface area contributed by atoms with E-state index in [1.807, 2.05) is 118 Å². The van der Waals surface area contributed by atoms with Crippen LogP contribution in [0.1, 0.15) is 165 Å². The first-order valence-electron chi connectivity index (χ1n) is 50.1. The van der Waals surface area contributed by atoms with Gasteiger partial charge in [0.05, 0.1) is 46.9 Å². The normalized spacial score (nSPS) is 15.6. The SMILES string of the molecule is CCC(=O)COc1cc2cc(Nc3nc(N4CCC(C)CC4)ncc3Cl)ccc2n(C2CC2)c1=O.CCC(=O)COc1cc2cc(Nc3nc(N4CCC(C)CC4)ncc3Cl)ccc2n(CC)c1=O.CCC(=O)COc1cc2cc(Nc3nc(N4CCC[C@H](C)C4)ncc3Cl)ccc2n(CCN(C)C)c1=O.CCC(=O)COc1cc2cc(Nc3nc(N4CCC[C@H](CC)C4)ncc3Cl)ccc2n(CCN(C)C)c1=O. The number of pyridine rings is 4. The van der Waals surface area contributed by atoms with E-state index in [1.165, 1.54) is 12.8 Å². The molecule has 34 nitrogen and oxygen atoms in total. The monoisotopic (exact) mass is 2040 g/mol. The molecule has 0 spiro atoms. The fraction of sp³-hybridized carbons (Fsp3) is 0.472. The number of nitrogens with zero attached hydrogens (tertiary/aromatic N) is 18. The molecule has 5 fully saturated rings. The average molecular weight is 2050 g/mol. The predicted molar refractivity (Wildman–Crippen MR) is 575 cm³/mol. The number of Topliss-reactive ketones (excluding diaryl/α,β-unsaturated/α-hetero) is 4. The third-order valence-electron chi connectivity index (χ3n) is 26.5. The van der Waals surface area contributed by atoms with Crippen molar-refractivity contribution in [1.29, 1.82) is 0 Å². The van der Waals surface area contributed by atoms with Crippen LogP contribution in [0, 0.1) is 23.7 Å². The van der Waals surface area contributed by atoms with Crippen molar-refractivity contribution >= 4 is 183 Å². The van der Waals surface area contributed by atoms with E-state index in [1.54, 1.807) is 95.0 Å². The number of halogens is 4. The van der Waals surface area contributed by atoms with Crippen LogP contribution in [0.15, 0.2) is 141 Å². The minimum Gasteiger partial charge on any atom is -0.480 e. The Morgan fingerprint density at radius 2 is 0.681 bits per heavy atom. The van der Waals surface area contributed by atoms with Crippen molar-refractivity contribution in [2.24, 2.45) is 23.7 Å². The van der Waals surface area contributed by atoms with Gasteiger partial charge in [0.2, 0.25) is 23.8 Å². The van der Waals surface area contributed by atoms with E-state index in [9.17, 15) is 38.4 Å². The first-order chi connectivity index (χ1) is 69.3. The van der Waals surface area contributed by atoms with Gasteiger partial charge in [-0.2, -0.15) is 19.9 Å². The molecule has 4 N–H and O–H groups in total. The number of benzene rings is 4. The third kappa shape index (κ3) is 27.9. The molecule has 0 amide bonds. The Morgan fingerprint density at radius 3 is 1.01 bits per heavy atom. The molecule has 12 aromatic rings. The van der Waals surface area contributed by atoms with Gasteiger partial charge in [0.15, 0.2) is 69.4 Å². The van der Waals surface area contributed by atoms with Gasteiger partial charge in [-0.3, -0.25) is 38.4 Å². The number of hydrogen-bond acceptors (Lipinski definition) is 30. The molecule has 0 unspecified atom stereocenters. The van der Waals surface area contributed by atoms with Gasteiger partial charge in [-0.25, -0.2) is 19.9 Å². The molecule has 8 aromatic heterocycles. The third-order valence-corrected chi connectivity index (χ3v) is 27.6. The highest BCUT2D eigenvalue weighted by molar-refractivity contribution is 6.34. The molecule has 144 heavy (non-hydrogen) atoms. The van der Waals surface area contributed by atoms with Gasteiger partial charge in [0.25, 0.3) is 22.2 Å². The Kier molecular flexibility index (Phi) is 37.4. The maximum absolute atomic E-state index is 13.2. The summed E-state index contributed by atoms with van der Waals surface area (Å²) in [5.74, 6) is 7.91. The Labute approximate surface area is 858 Å². The summed E-state index contributed by atoms with van der Waals surface area (Å²) in [5.41, 5.74) is 5.32. The molecular formula is C106H132Cl4N22O12. The number of piperidine rings is 4. The molecule has 1 saturated carbocycles. The van der Waals surface area contributed by atoms with Crippen LogP contribution in [0.4, 0.5) is 69.8 Å². The van der Waals surface area contributed by atoms with E-state index in [4.69, 9.17) is 80.3 Å². The number of aromatic nitrogens is 12. The molecule has 38 heteroatoms. The number of anilines is 12. The lowest BCUT2D eigenvalue weighted by Crippen LogP contribution is -2.36. The number of carbonyl (C=O) groups excluding carboxylic acids is 4. The number of likely N-dealkylation sites (N-methyl/N-ethyl adjacent to an activating group) is 2. The van der Waals surface area contributed by atoms with Crippen molar-refractivity contribution in [2.45, 2.75) is 184 Å². The lowest BCUT2D eigenvalue weighted by molar-refractivity contribution is -0.121. The van der Waals surface area contributed by atoms with Gasteiger partial charge in [0.1, 0.15) is 46.5 Å². The second-order valence-corrected chi connectivity index (χ2v) is 39.8. The van der Waals surface area contributed by atoms with E-state index in [2.05, 4.69) is 93.5 Å². The molecule has 0 radical (unpaired) electrons. The quantitative estimate of drug-likeness (QED) is 0.0281. The minimum absolute atomic E-state index is 0.0461. The summed E-state index contributed by atoms with van der Waals surface area (Å²) in [7, 11) is 7.84. The Morgan fingerprint density at radius 1 is 0.368 bits per heavy atom. The predicted octanol–water partition coefficient (Wildman–Crippen LogP) is 19.0. The molecule has 1 aliphatic carbocycles. The lowest BCUT2D eigenvalue weighted by Gasteiger charge is -2.32. The molecule has 766 valence electrons. The molecular weight excluding hydrogens is 1920 g/mol. The maximum Gasteiger partial charge on any atom is 0.293 e. The van der Waals surface area contributed by atoms with Gasteiger partial charge in [-0.15, -0.1) is 0 Å². The second-order valence-electron chi connectivity index (χ2n) is 38.2. The fourth-order valence-corrected chi connectivity index (χ4v) is 18.1. The summed E-state index contributed by atoms with van der Waals surface area (Å²) in [6.07, 6.45) is 20.2. The zero-order valence-corrected chi connectivity index (χ0v) is 87.5. The number of aryl methyl sites for hydroxylation is 1. The van der Waals surface area contributed by atoms with Crippen molar-refractivity contribution in [3.63, 3.8) is 0 Å². The highest BCUT2D eigenvalue weighted by Crippen LogP contribution is 2.40. The molecule has 5 aliphatic rings. The Bertz CT molecular complexity index is 6840. The number of fused-ring (bicyclic) bond motifs is 4. The van der Waals surface area contributed by atoms with Crippen molar-refractivity contribution in [3.05, 3.63) is 183 Å². The van der Waals surface area contributed by atoms with E-state index < -0.39 is 0 Å². The number of rotatable bonds is 37. The second kappa shape index (κ2) is 50.3. The number of nitrogens with one attached hydrogen (secondary N) is 4. The van der Waals surface area contributed by atoms with Crippen LogP contribution in [-0.4, -0.2) is 211 Å². The van der Waals surface area contributed by atoms with Crippen LogP contribution >= 0.6 is 46.4 Å². The van der Waals surface area contributed by atoms with Gasteiger partial charge in [-0.05, 0) is 220 Å². The van der Waals surface area contributed by atoms with Crippen LogP contribution < -0.4 is 82.1 Å². The van der Waals surface area contributed by atoms with Crippen LogP contribution in [0.2, 0.25) is 20.1 Å². The van der Waals surface area contributed by atoms with Gasteiger partial charge < -0.3 is 87.9 Å².